The third kappa shape index (κ3) is 1.56. The van der Waals surface area contributed by atoms with Crippen molar-refractivity contribution < 1.29 is 19.1 Å². The summed E-state index contributed by atoms with van der Waals surface area (Å²) in [6.07, 6.45) is 4.51. The summed E-state index contributed by atoms with van der Waals surface area (Å²) in [6, 6.07) is 0. The van der Waals surface area contributed by atoms with E-state index in [1.54, 1.807) is 0 Å². The van der Waals surface area contributed by atoms with Crippen LogP contribution in [0.1, 0.15) is 38.5 Å². The first-order valence-electron chi connectivity index (χ1n) is 7.02. The first kappa shape index (κ1) is 12.6. The van der Waals surface area contributed by atoms with Crippen molar-refractivity contribution in [1.29, 1.82) is 0 Å². The second-order valence-electron chi connectivity index (χ2n) is 5.86. The maximum Gasteiger partial charge on any atom is 0.318 e. The van der Waals surface area contributed by atoms with Gasteiger partial charge in [0.2, 0.25) is 5.91 Å². The molecule has 2 aliphatic heterocycles. The van der Waals surface area contributed by atoms with Crippen LogP contribution in [-0.4, -0.2) is 41.8 Å². The van der Waals surface area contributed by atoms with E-state index in [1.165, 1.54) is 7.11 Å². The molecule has 1 spiro atoms. The number of ketones is 1. The highest BCUT2D eigenvalue weighted by Gasteiger charge is 2.63. The van der Waals surface area contributed by atoms with Crippen molar-refractivity contribution in [2.24, 2.45) is 11.8 Å². The number of piperidine rings is 1. The number of nitrogens with zero attached hydrogens (tertiary/aromatic N) is 1. The van der Waals surface area contributed by atoms with Crippen molar-refractivity contribution in [1.82, 2.24) is 4.90 Å². The topological polar surface area (TPSA) is 63.7 Å². The molecule has 1 saturated carbocycles. The summed E-state index contributed by atoms with van der Waals surface area (Å²) in [7, 11) is 1.32. The molecule has 0 bridgehead atoms. The summed E-state index contributed by atoms with van der Waals surface area (Å²) in [4.78, 5) is 38.4. The highest BCUT2D eigenvalue weighted by atomic mass is 16.5. The zero-order valence-corrected chi connectivity index (χ0v) is 11.2. The number of esters is 1. The Morgan fingerprint density at radius 2 is 2.16 bits per heavy atom. The second kappa shape index (κ2) is 4.32. The Kier molecular flexibility index (Phi) is 2.87. The molecule has 0 aromatic rings. The number of Topliss-reactive ketones (excluding diaryl/α,β-unsaturated/α-hetero) is 1. The number of amides is 1. The molecule has 3 atom stereocenters. The van der Waals surface area contributed by atoms with E-state index >= 15 is 0 Å². The van der Waals surface area contributed by atoms with Gasteiger partial charge in [-0.2, -0.15) is 0 Å². The molecule has 5 heteroatoms. The minimum atomic E-state index is -0.761. The summed E-state index contributed by atoms with van der Waals surface area (Å²) in [5, 5.41) is 0. The number of hydrogen-bond acceptors (Lipinski definition) is 4. The van der Waals surface area contributed by atoms with Crippen LogP contribution in [-0.2, 0) is 19.1 Å². The molecule has 1 aliphatic carbocycles. The van der Waals surface area contributed by atoms with E-state index < -0.39 is 17.4 Å². The lowest BCUT2D eigenvalue weighted by Gasteiger charge is -2.51. The largest absolute Gasteiger partial charge is 0.468 e. The molecule has 1 unspecified atom stereocenters. The van der Waals surface area contributed by atoms with E-state index in [0.717, 1.165) is 25.7 Å². The molecule has 0 radical (unpaired) electrons. The third-order valence-electron chi connectivity index (χ3n) is 5.15. The molecule has 2 heterocycles. The summed E-state index contributed by atoms with van der Waals surface area (Å²) in [6.45, 7) is 0.474. The van der Waals surface area contributed by atoms with Gasteiger partial charge in [0.15, 0.2) is 5.78 Å². The van der Waals surface area contributed by atoms with Gasteiger partial charge < -0.3 is 9.64 Å². The minimum Gasteiger partial charge on any atom is -0.468 e. The van der Waals surface area contributed by atoms with Crippen molar-refractivity contribution in [2.75, 3.05) is 13.7 Å². The standard InChI is InChI=1S/C14H19NO4/c1-19-13(18)12-10(16)5-7-15-11(17)8-9-4-2-3-6-14(9,12)15/h9,12H,2-8H2,1H3/t9-,12?,14-/m0/s1. The van der Waals surface area contributed by atoms with Gasteiger partial charge >= 0.3 is 5.97 Å². The molecule has 104 valence electrons. The van der Waals surface area contributed by atoms with E-state index in [0.29, 0.717) is 13.0 Å². The first-order chi connectivity index (χ1) is 9.11. The van der Waals surface area contributed by atoms with Gasteiger partial charge in [-0.05, 0) is 18.8 Å². The van der Waals surface area contributed by atoms with Crippen LogP contribution in [0.4, 0.5) is 0 Å². The fourth-order valence-corrected chi connectivity index (χ4v) is 4.41. The summed E-state index contributed by atoms with van der Waals surface area (Å²) in [5.41, 5.74) is -0.572. The third-order valence-corrected chi connectivity index (χ3v) is 5.15. The van der Waals surface area contributed by atoms with Gasteiger partial charge in [-0.15, -0.1) is 0 Å². The number of hydrogen-bond donors (Lipinski definition) is 0. The molecule has 3 aliphatic rings. The number of methoxy groups -OCH3 is 1. The summed E-state index contributed by atoms with van der Waals surface area (Å²) < 4.78 is 4.85. The molecule has 1 amide bonds. The lowest BCUT2D eigenvalue weighted by Crippen LogP contribution is -2.64. The zero-order valence-electron chi connectivity index (χ0n) is 11.2. The normalized spacial score (nSPS) is 37.8. The maximum absolute atomic E-state index is 12.3. The Bertz CT molecular complexity index is 439. The van der Waals surface area contributed by atoms with Gasteiger partial charge in [-0.1, -0.05) is 12.8 Å². The van der Waals surface area contributed by atoms with Crippen LogP contribution in [0, 0.1) is 11.8 Å². The van der Waals surface area contributed by atoms with E-state index in [-0.39, 0.29) is 24.0 Å². The van der Waals surface area contributed by atoms with Crippen molar-refractivity contribution in [3.05, 3.63) is 0 Å². The lowest BCUT2D eigenvalue weighted by molar-refractivity contribution is -0.164. The van der Waals surface area contributed by atoms with Crippen LogP contribution < -0.4 is 0 Å². The summed E-state index contributed by atoms with van der Waals surface area (Å²) in [5.74, 6) is -1.03. The lowest BCUT2D eigenvalue weighted by atomic mass is 9.63. The molecule has 0 N–H and O–H groups in total. The first-order valence-corrected chi connectivity index (χ1v) is 7.02. The molecule has 3 rings (SSSR count). The fourth-order valence-electron chi connectivity index (χ4n) is 4.41. The number of carbonyl (C=O) groups is 3. The molecule has 5 nitrogen and oxygen atoms in total. The molecule has 0 aromatic heterocycles. The van der Waals surface area contributed by atoms with Crippen molar-refractivity contribution >= 4 is 17.7 Å². The van der Waals surface area contributed by atoms with Crippen molar-refractivity contribution in [3.63, 3.8) is 0 Å². The molecule has 0 aromatic carbocycles. The predicted octanol–water partition coefficient (Wildman–Crippen LogP) is 0.910. The fraction of sp³-hybridized carbons (Fsp3) is 0.786. The van der Waals surface area contributed by atoms with Crippen molar-refractivity contribution in [3.8, 4) is 0 Å². The van der Waals surface area contributed by atoms with E-state index in [1.807, 2.05) is 4.90 Å². The second-order valence-corrected chi connectivity index (χ2v) is 5.86. The Labute approximate surface area is 112 Å². The van der Waals surface area contributed by atoms with Crippen LogP contribution in [0.15, 0.2) is 0 Å². The van der Waals surface area contributed by atoms with Crippen molar-refractivity contribution in [2.45, 2.75) is 44.1 Å². The zero-order chi connectivity index (χ0) is 13.6. The van der Waals surface area contributed by atoms with Gasteiger partial charge in [0, 0.05) is 19.4 Å². The minimum absolute atomic E-state index is 0.0512. The van der Waals surface area contributed by atoms with Gasteiger partial charge in [-0.3, -0.25) is 14.4 Å². The SMILES string of the molecule is COC(=O)C1C(=O)CCN2C(=O)C[C@@H]3CCCC[C@@]132. The average Bonchev–Trinajstić information content (AvgIpc) is 2.70. The van der Waals surface area contributed by atoms with E-state index in [9.17, 15) is 14.4 Å². The molecular formula is C14H19NO4. The highest BCUT2D eigenvalue weighted by Crippen LogP contribution is 2.52. The van der Waals surface area contributed by atoms with Crippen LogP contribution in [0.5, 0.6) is 0 Å². The van der Waals surface area contributed by atoms with Gasteiger partial charge in [0.25, 0.3) is 0 Å². The predicted molar refractivity (Wildman–Crippen MR) is 66.1 cm³/mol. The van der Waals surface area contributed by atoms with Crippen LogP contribution in [0.2, 0.25) is 0 Å². The molecule has 3 fully saturated rings. The van der Waals surface area contributed by atoms with Gasteiger partial charge in [-0.25, -0.2) is 0 Å². The van der Waals surface area contributed by atoms with Crippen LogP contribution in [0.25, 0.3) is 0 Å². The van der Waals surface area contributed by atoms with Gasteiger partial charge in [0.05, 0.1) is 12.6 Å². The monoisotopic (exact) mass is 265 g/mol. The van der Waals surface area contributed by atoms with E-state index in [2.05, 4.69) is 0 Å². The quantitative estimate of drug-likeness (QED) is 0.522. The van der Waals surface area contributed by atoms with E-state index in [4.69, 9.17) is 4.74 Å². The Morgan fingerprint density at radius 1 is 1.37 bits per heavy atom. The molecule has 19 heavy (non-hydrogen) atoms. The number of rotatable bonds is 1. The smallest absolute Gasteiger partial charge is 0.318 e. The maximum atomic E-state index is 12.3. The number of carbonyl (C=O) groups excluding carboxylic acids is 3. The van der Waals surface area contributed by atoms with Gasteiger partial charge in [0.1, 0.15) is 5.92 Å². The summed E-state index contributed by atoms with van der Waals surface area (Å²) >= 11 is 0. The molecule has 2 saturated heterocycles. The Hall–Kier alpha value is -1.39. The highest BCUT2D eigenvalue weighted by molar-refractivity contribution is 6.03. The van der Waals surface area contributed by atoms with Crippen LogP contribution >= 0.6 is 0 Å². The average molecular weight is 265 g/mol. The Morgan fingerprint density at radius 3 is 2.89 bits per heavy atom. The van der Waals surface area contributed by atoms with Crippen LogP contribution in [0.3, 0.4) is 0 Å². The number of ether oxygens (including phenoxy) is 1. The Balaban J connectivity index is 2.07. The molecular weight excluding hydrogens is 246 g/mol.